The van der Waals surface area contributed by atoms with Crippen molar-refractivity contribution in [3.8, 4) is 0 Å². The van der Waals surface area contributed by atoms with Gasteiger partial charge in [0.05, 0.1) is 26.2 Å². The van der Waals surface area contributed by atoms with E-state index in [4.69, 9.17) is 14.2 Å². The van der Waals surface area contributed by atoms with E-state index >= 15 is 0 Å². The Labute approximate surface area is 203 Å². The van der Waals surface area contributed by atoms with Crippen LogP contribution in [0.1, 0.15) is 24.5 Å². The number of fused-ring (bicyclic) bond motifs is 2. The Morgan fingerprint density at radius 2 is 1.69 bits per heavy atom. The van der Waals surface area contributed by atoms with Crippen LogP contribution in [-0.2, 0) is 37.0 Å². The SMILES string of the molecule is CC1=CN([C@@H]2O[C@@]3(COCc4ccccc4)CC(=O)NC2C3OCc2ccccc2)C(O)NC1=O. The molecule has 2 aromatic carbocycles. The van der Waals surface area contributed by atoms with Gasteiger partial charge in [-0.15, -0.1) is 0 Å². The van der Waals surface area contributed by atoms with E-state index < -0.39 is 30.3 Å². The molecule has 3 heterocycles. The molecule has 3 aliphatic heterocycles. The molecule has 0 aromatic heterocycles. The lowest BCUT2D eigenvalue weighted by Crippen LogP contribution is -2.63. The fourth-order valence-corrected chi connectivity index (χ4v) is 4.87. The van der Waals surface area contributed by atoms with E-state index in [-0.39, 0.29) is 24.8 Å². The van der Waals surface area contributed by atoms with Gasteiger partial charge < -0.3 is 34.9 Å². The highest BCUT2D eigenvalue weighted by Gasteiger charge is 2.62. The van der Waals surface area contributed by atoms with Crippen molar-refractivity contribution in [3.05, 3.63) is 83.6 Å². The zero-order valence-electron chi connectivity index (χ0n) is 19.4. The van der Waals surface area contributed by atoms with Gasteiger partial charge in [-0.05, 0) is 18.1 Å². The van der Waals surface area contributed by atoms with Crippen LogP contribution in [-0.4, -0.2) is 58.8 Å². The summed E-state index contributed by atoms with van der Waals surface area (Å²) in [6.45, 7) is 2.45. The fourth-order valence-electron chi connectivity index (χ4n) is 4.87. The Morgan fingerprint density at radius 3 is 2.37 bits per heavy atom. The van der Waals surface area contributed by atoms with Crippen LogP contribution in [0.2, 0.25) is 0 Å². The summed E-state index contributed by atoms with van der Waals surface area (Å²) in [4.78, 5) is 26.2. The van der Waals surface area contributed by atoms with Gasteiger partial charge in [-0.2, -0.15) is 0 Å². The van der Waals surface area contributed by atoms with Crippen molar-refractivity contribution in [2.24, 2.45) is 0 Å². The molecule has 2 bridgehead atoms. The average molecular weight is 480 g/mol. The van der Waals surface area contributed by atoms with Gasteiger partial charge in [0, 0.05) is 11.8 Å². The highest BCUT2D eigenvalue weighted by Crippen LogP contribution is 2.42. The Bertz CT molecular complexity index is 1090. The van der Waals surface area contributed by atoms with Crippen LogP contribution in [0, 0.1) is 0 Å². The van der Waals surface area contributed by atoms with Gasteiger partial charge in [0.2, 0.25) is 12.3 Å². The second-order valence-corrected chi connectivity index (χ2v) is 9.15. The topological polar surface area (TPSA) is 109 Å². The first-order chi connectivity index (χ1) is 16.9. The van der Waals surface area contributed by atoms with Gasteiger partial charge in [0.25, 0.3) is 5.91 Å². The molecule has 0 saturated carbocycles. The van der Waals surface area contributed by atoms with Crippen molar-refractivity contribution in [2.75, 3.05) is 6.61 Å². The molecule has 0 radical (unpaired) electrons. The van der Waals surface area contributed by atoms with E-state index in [0.717, 1.165) is 11.1 Å². The highest BCUT2D eigenvalue weighted by molar-refractivity contribution is 5.93. The predicted octanol–water partition coefficient (Wildman–Crippen LogP) is 1.38. The number of hydrogen-bond acceptors (Lipinski definition) is 7. The molecule has 0 spiro atoms. The number of carbonyl (C=O) groups excluding carboxylic acids is 2. The molecule has 184 valence electrons. The number of rotatable bonds is 8. The Hall–Kier alpha value is -3.24. The van der Waals surface area contributed by atoms with E-state index in [1.165, 1.54) is 4.90 Å². The van der Waals surface area contributed by atoms with Crippen LogP contribution >= 0.6 is 0 Å². The molecule has 5 rings (SSSR count). The van der Waals surface area contributed by atoms with Crippen LogP contribution < -0.4 is 10.6 Å². The number of piperidine rings is 1. The standard InChI is InChI=1S/C26H29N3O6/c1-17-13-29(25(32)28-23(17)31)24-21-22(34-15-19-10-6-3-7-11-19)26(35-24,12-20(30)27-21)16-33-14-18-8-4-2-5-9-18/h2-11,13,21-22,24-25,32H,12,14-16H2,1H3,(H,27,30)(H,28,31)/t21?,22?,24-,25?,26-/m1/s1. The molecule has 0 aliphatic carbocycles. The van der Waals surface area contributed by atoms with E-state index in [2.05, 4.69) is 10.6 Å². The molecule has 3 aliphatic rings. The maximum absolute atomic E-state index is 12.7. The summed E-state index contributed by atoms with van der Waals surface area (Å²) < 4.78 is 19.0. The van der Waals surface area contributed by atoms with Crippen molar-refractivity contribution in [2.45, 2.75) is 56.9 Å². The summed E-state index contributed by atoms with van der Waals surface area (Å²) in [5.41, 5.74) is 1.35. The number of nitrogens with zero attached hydrogens (tertiary/aromatic N) is 1. The molecule has 5 atom stereocenters. The molecule has 2 amide bonds. The number of amides is 2. The van der Waals surface area contributed by atoms with Crippen molar-refractivity contribution >= 4 is 11.8 Å². The van der Waals surface area contributed by atoms with Crippen LogP contribution in [0.3, 0.4) is 0 Å². The molecular weight excluding hydrogens is 450 g/mol. The van der Waals surface area contributed by atoms with Gasteiger partial charge in [-0.3, -0.25) is 9.59 Å². The van der Waals surface area contributed by atoms with Gasteiger partial charge in [0.1, 0.15) is 17.7 Å². The number of carbonyl (C=O) groups is 2. The minimum absolute atomic E-state index is 0.0488. The van der Waals surface area contributed by atoms with Gasteiger partial charge >= 0.3 is 0 Å². The van der Waals surface area contributed by atoms with Gasteiger partial charge in [-0.1, -0.05) is 60.7 Å². The summed E-state index contributed by atoms with van der Waals surface area (Å²) in [5, 5.41) is 16.1. The van der Waals surface area contributed by atoms with Crippen LogP contribution in [0.4, 0.5) is 0 Å². The van der Waals surface area contributed by atoms with Crippen LogP contribution in [0.25, 0.3) is 0 Å². The summed E-state index contributed by atoms with van der Waals surface area (Å²) in [5.74, 6) is -0.548. The zero-order valence-corrected chi connectivity index (χ0v) is 19.4. The first kappa shape index (κ1) is 23.5. The number of aliphatic hydroxyl groups is 1. The lowest BCUT2D eigenvalue weighted by Gasteiger charge is -2.38. The third-order valence-electron chi connectivity index (χ3n) is 6.56. The molecule has 2 aromatic rings. The van der Waals surface area contributed by atoms with Crippen molar-refractivity contribution in [1.29, 1.82) is 0 Å². The van der Waals surface area contributed by atoms with E-state index in [0.29, 0.717) is 18.8 Å². The smallest absolute Gasteiger partial charge is 0.251 e. The van der Waals surface area contributed by atoms with E-state index in [1.807, 2.05) is 60.7 Å². The predicted molar refractivity (Wildman–Crippen MR) is 125 cm³/mol. The molecule has 9 heteroatoms. The molecular formula is C26H29N3O6. The average Bonchev–Trinajstić information content (AvgIpc) is 3.04. The number of hydrogen-bond donors (Lipinski definition) is 3. The molecule has 2 fully saturated rings. The molecule has 35 heavy (non-hydrogen) atoms. The summed E-state index contributed by atoms with van der Waals surface area (Å²) in [6, 6.07) is 18.9. The second-order valence-electron chi connectivity index (χ2n) is 9.15. The maximum atomic E-state index is 12.7. The summed E-state index contributed by atoms with van der Waals surface area (Å²) >= 11 is 0. The zero-order chi connectivity index (χ0) is 24.4. The monoisotopic (exact) mass is 479 g/mol. The molecule has 3 unspecified atom stereocenters. The van der Waals surface area contributed by atoms with Crippen LogP contribution in [0.5, 0.6) is 0 Å². The normalized spacial score (nSPS) is 30.0. The minimum Gasteiger partial charge on any atom is -0.374 e. The van der Waals surface area contributed by atoms with Gasteiger partial charge in [-0.25, -0.2) is 0 Å². The lowest BCUT2D eigenvalue weighted by atomic mass is 9.86. The highest BCUT2D eigenvalue weighted by atomic mass is 16.6. The third kappa shape index (κ3) is 4.81. The number of nitrogens with one attached hydrogen (secondary N) is 2. The Morgan fingerprint density at radius 1 is 1.03 bits per heavy atom. The first-order valence-corrected chi connectivity index (χ1v) is 11.6. The Balaban J connectivity index is 1.41. The van der Waals surface area contributed by atoms with Crippen molar-refractivity contribution in [3.63, 3.8) is 0 Å². The number of aliphatic hydroxyl groups excluding tert-OH is 1. The first-order valence-electron chi connectivity index (χ1n) is 11.6. The quantitative estimate of drug-likeness (QED) is 0.525. The van der Waals surface area contributed by atoms with E-state index in [9.17, 15) is 14.7 Å². The molecule has 9 nitrogen and oxygen atoms in total. The largest absolute Gasteiger partial charge is 0.374 e. The van der Waals surface area contributed by atoms with Crippen molar-refractivity contribution in [1.82, 2.24) is 15.5 Å². The lowest BCUT2D eigenvalue weighted by molar-refractivity contribution is -0.186. The summed E-state index contributed by atoms with van der Waals surface area (Å²) in [7, 11) is 0. The maximum Gasteiger partial charge on any atom is 0.251 e. The number of ether oxygens (including phenoxy) is 3. The van der Waals surface area contributed by atoms with Gasteiger partial charge in [0.15, 0.2) is 6.23 Å². The van der Waals surface area contributed by atoms with Crippen LogP contribution in [0.15, 0.2) is 72.4 Å². The fraction of sp³-hybridized carbons (Fsp3) is 0.385. The minimum atomic E-state index is -1.30. The molecule has 2 saturated heterocycles. The van der Waals surface area contributed by atoms with Crippen molar-refractivity contribution < 1.29 is 28.9 Å². The van der Waals surface area contributed by atoms with E-state index in [1.54, 1.807) is 13.1 Å². The Kier molecular flexibility index (Phi) is 6.57. The second kappa shape index (κ2) is 9.79. The third-order valence-corrected chi connectivity index (χ3v) is 6.56. The molecule has 3 N–H and O–H groups in total. The summed E-state index contributed by atoms with van der Waals surface area (Å²) in [6.07, 6.45) is -1.02. The number of benzene rings is 2.